The standard InChI is InChI=1S/C23H28N2O3/c1-3-13-27-21-11-10-18(15-22(21)28-14-4-2)25-23(26)12-9-17-16-24-20-8-6-5-7-19(17)20/h5-8,10-11,15-16,24H,3-4,9,12-14H2,1-2H3,(H,25,26). The van der Waals surface area contributed by atoms with Crippen molar-refractivity contribution in [3.05, 3.63) is 54.2 Å². The van der Waals surface area contributed by atoms with Crippen molar-refractivity contribution in [2.45, 2.75) is 39.5 Å². The van der Waals surface area contributed by atoms with Gasteiger partial charge in [0, 0.05) is 35.3 Å². The van der Waals surface area contributed by atoms with Crippen LogP contribution in [0.15, 0.2) is 48.7 Å². The third kappa shape index (κ3) is 5.06. The summed E-state index contributed by atoms with van der Waals surface area (Å²) in [6, 6.07) is 13.7. The van der Waals surface area contributed by atoms with Gasteiger partial charge in [-0.1, -0.05) is 32.0 Å². The molecule has 1 heterocycles. The molecule has 5 nitrogen and oxygen atoms in total. The summed E-state index contributed by atoms with van der Waals surface area (Å²) in [5.74, 6) is 1.37. The zero-order valence-corrected chi connectivity index (χ0v) is 16.6. The minimum Gasteiger partial charge on any atom is -0.490 e. The van der Waals surface area contributed by atoms with Gasteiger partial charge in [-0.3, -0.25) is 4.79 Å². The van der Waals surface area contributed by atoms with Crippen molar-refractivity contribution in [3.8, 4) is 11.5 Å². The number of para-hydroxylation sites is 1. The van der Waals surface area contributed by atoms with Gasteiger partial charge in [0.1, 0.15) is 0 Å². The lowest BCUT2D eigenvalue weighted by Crippen LogP contribution is -2.12. The molecule has 2 aromatic carbocycles. The van der Waals surface area contributed by atoms with Gasteiger partial charge in [-0.25, -0.2) is 0 Å². The Morgan fingerprint density at radius 2 is 1.75 bits per heavy atom. The van der Waals surface area contributed by atoms with Gasteiger partial charge in [0.15, 0.2) is 11.5 Å². The van der Waals surface area contributed by atoms with Gasteiger partial charge in [-0.2, -0.15) is 0 Å². The number of carbonyl (C=O) groups is 1. The quantitative estimate of drug-likeness (QED) is 0.500. The second kappa shape index (κ2) is 9.83. The maximum Gasteiger partial charge on any atom is 0.224 e. The molecule has 5 heteroatoms. The lowest BCUT2D eigenvalue weighted by Gasteiger charge is -2.14. The average molecular weight is 380 g/mol. The maximum absolute atomic E-state index is 12.4. The number of rotatable bonds is 10. The monoisotopic (exact) mass is 380 g/mol. The number of amides is 1. The van der Waals surface area contributed by atoms with E-state index in [4.69, 9.17) is 9.47 Å². The Hall–Kier alpha value is -2.95. The Kier molecular flexibility index (Phi) is 6.95. The van der Waals surface area contributed by atoms with Crippen LogP contribution < -0.4 is 14.8 Å². The number of ether oxygens (including phenoxy) is 2. The maximum atomic E-state index is 12.4. The van der Waals surface area contributed by atoms with Crippen LogP contribution in [0, 0.1) is 0 Å². The number of nitrogens with one attached hydrogen (secondary N) is 2. The Labute approximate surface area is 166 Å². The van der Waals surface area contributed by atoms with Crippen LogP contribution >= 0.6 is 0 Å². The zero-order valence-electron chi connectivity index (χ0n) is 16.6. The number of hydrogen-bond donors (Lipinski definition) is 2. The van der Waals surface area contributed by atoms with E-state index < -0.39 is 0 Å². The molecule has 0 unspecified atom stereocenters. The summed E-state index contributed by atoms with van der Waals surface area (Å²) in [5.41, 5.74) is 2.97. The van der Waals surface area contributed by atoms with Gasteiger partial charge in [-0.05, 0) is 43.0 Å². The molecule has 0 saturated heterocycles. The number of benzene rings is 2. The van der Waals surface area contributed by atoms with E-state index in [-0.39, 0.29) is 5.91 Å². The van der Waals surface area contributed by atoms with E-state index >= 15 is 0 Å². The molecule has 0 aliphatic rings. The van der Waals surface area contributed by atoms with Crippen molar-refractivity contribution >= 4 is 22.5 Å². The third-order valence-electron chi connectivity index (χ3n) is 4.45. The molecule has 0 aliphatic carbocycles. The molecule has 1 aromatic heterocycles. The number of hydrogen-bond acceptors (Lipinski definition) is 3. The first kappa shape index (κ1) is 19.8. The zero-order chi connectivity index (χ0) is 19.8. The summed E-state index contributed by atoms with van der Waals surface area (Å²) in [6.07, 6.45) is 4.93. The molecule has 1 amide bonds. The van der Waals surface area contributed by atoms with Gasteiger partial charge >= 0.3 is 0 Å². The van der Waals surface area contributed by atoms with Crippen molar-refractivity contribution in [1.29, 1.82) is 0 Å². The van der Waals surface area contributed by atoms with Crippen molar-refractivity contribution in [2.75, 3.05) is 18.5 Å². The number of aromatic amines is 1. The molecule has 28 heavy (non-hydrogen) atoms. The lowest BCUT2D eigenvalue weighted by molar-refractivity contribution is -0.116. The van der Waals surface area contributed by atoms with E-state index in [1.807, 2.05) is 42.6 Å². The van der Waals surface area contributed by atoms with Crippen LogP contribution in [0.2, 0.25) is 0 Å². The van der Waals surface area contributed by atoms with Crippen LogP contribution in [0.3, 0.4) is 0 Å². The predicted octanol–water partition coefficient (Wildman–Crippen LogP) is 5.32. The normalized spacial score (nSPS) is 10.8. The van der Waals surface area contributed by atoms with Crippen LogP contribution in [0.4, 0.5) is 5.69 Å². The summed E-state index contributed by atoms with van der Waals surface area (Å²) in [7, 11) is 0. The van der Waals surface area contributed by atoms with Crippen LogP contribution in [-0.2, 0) is 11.2 Å². The Morgan fingerprint density at radius 3 is 2.54 bits per heavy atom. The van der Waals surface area contributed by atoms with E-state index in [1.54, 1.807) is 0 Å². The highest BCUT2D eigenvalue weighted by Gasteiger charge is 2.10. The smallest absolute Gasteiger partial charge is 0.224 e. The first-order chi connectivity index (χ1) is 13.7. The highest BCUT2D eigenvalue weighted by Crippen LogP contribution is 2.31. The third-order valence-corrected chi connectivity index (χ3v) is 4.45. The summed E-state index contributed by atoms with van der Waals surface area (Å²) >= 11 is 0. The molecule has 0 atom stereocenters. The van der Waals surface area contributed by atoms with Gasteiger partial charge in [-0.15, -0.1) is 0 Å². The molecule has 0 saturated carbocycles. The molecule has 0 radical (unpaired) electrons. The highest BCUT2D eigenvalue weighted by atomic mass is 16.5. The topological polar surface area (TPSA) is 63.3 Å². The van der Waals surface area contributed by atoms with Crippen LogP contribution in [0.1, 0.15) is 38.7 Å². The van der Waals surface area contributed by atoms with Crippen molar-refractivity contribution < 1.29 is 14.3 Å². The lowest BCUT2D eigenvalue weighted by atomic mass is 10.1. The highest BCUT2D eigenvalue weighted by molar-refractivity contribution is 5.92. The molecule has 0 spiro atoms. The van der Waals surface area contributed by atoms with E-state index in [0.29, 0.717) is 37.6 Å². The van der Waals surface area contributed by atoms with Crippen molar-refractivity contribution in [1.82, 2.24) is 4.98 Å². The van der Waals surface area contributed by atoms with Crippen molar-refractivity contribution in [2.24, 2.45) is 0 Å². The summed E-state index contributed by atoms with van der Waals surface area (Å²) < 4.78 is 11.5. The fraction of sp³-hybridized carbons (Fsp3) is 0.348. The summed E-state index contributed by atoms with van der Waals surface area (Å²) in [6.45, 7) is 5.37. The largest absolute Gasteiger partial charge is 0.490 e. The first-order valence-corrected chi connectivity index (χ1v) is 9.95. The minimum absolute atomic E-state index is 0.0195. The average Bonchev–Trinajstić information content (AvgIpc) is 3.13. The molecule has 3 rings (SSSR count). The van der Waals surface area contributed by atoms with E-state index in [9.17, 15) is 4.79 Å². The van der Waals surface area contributed by atoms with E-state index in [1.165, 1.54) is 5.39 Å². The number of aromatic nitrogens is 1. The van der Waals surface area contributed by atoms with Gasteiger partial charge in [0.25, 0.3) is 0 Å². The summed E-state index contributed by atoms with van der Waals surface area (Å²) in [4.78, 5) is 15.7. The number of H-pyrrole nitrogens is 1. The van der Waals surface area contributed by atoms with Gasteiger partial charge in [0.2, 0.25) is 5.91 Å². The van der Waals surface area contributed by atoms with Crippen LogP contribution in [0.25, 0.3) is 10.9 Å². The molecule has 148 valence electrons. The predicted molar refractivity (Wildman–Crippen MR) is 113 cm³/mol. The van der Waals surface area contributed by atoms with Crippen LogP contribution in [0.5, 0.6) is 11.5 Å². The molecule has 0 aliphatic heterocycles. The molecule has 2 N–H and O–H groups in total. The molecular weight excluding hydrogens is 352 g/mol. The molecule has 0 bridgehead atoms. The van der Waals surface area contributed by atoms with E-state index in [0.717, 1.165) is 29.6 Å². The second-order valence-corrected chi connectivity index (χ2v) is 6.77. The second-order valence-electron chi connectivity index (χ2n) is 6.77. The Bertz CT molecular complexity index is 917. The van der Waals surface area contributed by atoms with Crippen LogP contribution in [-0.4, -0.2) is 24.1 Å². The molecular formula is C23H28N2O3. The summed E-state index contributed by atoms with van der Waals surface area (Å²) in [5, 5.41) is 4.14. The number of aryl methyl sites for hydroxylation is 1. The number of carbonyl (C=O) groups excluding carboxylic acids is 1. The van der Waals surface area contributed by atoms with Gasteiger partial charge in [0.05, 0.1) is 13.2 Å². The minimum atomic E-state index is -0.0195. The Morgan fingerprint density at radius 1 is 1.00 bits per heavy atom. The fourth-order valence-corrected chi connectivity index (χ4v) is 3.05. The van der Waals surface area contributed by atoms with E-state index in [2.05, 4.69) is 30.2 Å². The number of anilines is 1. The van der Waals surface area contributed by atoms with Gasteiger partial charge < -0.3 is 19.8 Å². The fourth-order valence-electron chi connectivity index (χ4n) is 3.05. The number of fused-ring (bicyclic) bond motifs is 1. The SMILES string of the molecule is CCCOc1ccc(NC(=O)CCc2c[nH]c3ccccc23)cc1OCCC. The molecule has 3 aromatic rings. The first-order valence-electron chi connectivity index (χ1n) is 9.95. The Balaban J connectivity index is 1.62. The molecule has 0 fully saturated rings. The van der Waals surface area contributed by atoms with Crippen molar-refractivity contribution in [3.63, 3.8) is 0 Å².